The summed E-state index contributed by atoms with van der Waals surface area (Å²) in [4.78, 5) is 13.6. The quantitative estimate of drug-likeness (QED) is 0.273. The highest BCUT2D eigenvalue weighted by Gasteiger charge is 2.08. The molecular weight excluding hydrogens is 479 g/mol. The van der Waals surface area contributed by atoms with Crippen LogP contribution in [0.15, 0.2) is 58.4 Å². The van der Waals surface area contributed by atoms with Crippen molar-refractivity contribution in [3.05, 3.63) is 60.5 Å². The molecule has 0 aliphatic rings. The van der Waals surface area contributed by atoms with E-state index in [0.29, 0.717) is 24.9 Å². The molecule has 3 aromatic rings. The van der Waals surface area contributed by atoms with Crippen LogP contribution < -0.4 is 10.6 Å². The molecule has 0 atom stereocenters. The number of rotatable bonds is 8. The van der Waals surface area contributed by atoms with Gasteiger partial charge in [-0.1, -0.05) is 32.0 Å². The SMILES string of the molecule is CCNC(=NCc1coc(-c2ccccc2)n1)NCc1nccn1CC(C)C.I. The standard InChI is InChI=1S/C21H28N6O.HI/c1-4-22-21(25-13-19-23-10-11-27(19)14-16(2)3)24-12-18-15-28-20(26-18)17-8-6-5-7-9-17;/h5-11,15-16H,4,12-14H2,1-3H3,(H2,22,24,25);1H. The van der Waals surface area contributed by atoms with Crippen LogP contribution in [0.1, 0.15) is 32.3 Å². The minimum atomic E-state index is 0. The second-order valence-electron chi connectivity index (χ2n) is 6.95. The first kappa shape index (κ1) is 22.9. The second kappa shape index (κ2) is 11.6. The van der Waals surface area contributed by atoms with Crippen molar-refractivity contribution in [3.63, 3.8) is 0 Å². The van der Waals surface area contributed by atoms with Crippen LogP contribution in [-0.4, -0.2) is 27.0 Å². The Kier molecular flexibility index (Phi) is 9.17. The zero-order valence-electron chi connectivity index (χ0n) is 17.1. The van der Waals surface area contributed by atoms with Crippen molar-refractivity contribution in [2.24, 2.45) is 10.9 Å². The average Bonchev–Trinajstić information content (AvgIpc) is 3.34. The van der Waals surface area contributed by atoms with Crippen LogP contribution >= 0.6 is 24.0 Å². The van der Waals surface area contributed by atoms with Crippen molar-refractivity contribution in [1.82, 2.24) is 25.2 Å². The summed E-state index contributed by atoms with van der Waals surface area (Å²) in [5, 5.41) is 6.60. The lowest BCUT2D eigenvalue weighted by molar-refractivity contribution is 0.503. The van der Waals surface area contributed by atoms with E-state index in [1.54, 1.807) is 6.26 Å². The number of benzene rings is 1. The number of nitrogens with one attached hydrogen (secondary N) is 2. The van der Waals surface area contributed by atoms with Crippen LogP contribution in [-0.2, 0) is 19.6 Å². The summed E-state index contributed by atoms with van der Waals surface area (Å²) < 4.78 is 7.75. The van der Waals surface area contributed by atoms with Gasteiger partial charge in [-0.3, -0.25) is 0 Å². The van der Waals surface area contributed by atoms with Crippen LogP contribution in [0.2, 0.25) is 0 Å². The van der Waals surface area contributed by atoms with Gasteiger partial charge >= 0.3 is 0 Å². The van der Waals surface area contributed by atoms with Gasteiger partial charge in [-0.25, -0.2) is 15.0 Å². The zero-order valence-corrected chi connectivity index (χ0v) is 19.5. The maximum atomic E-state index is 5.58. The number of guanidine groups is 1. The fourth-order valence-electron chi connectivity index (χ4n) is 2.82. The second-order valence-corrected chi connectivity index (χ2v) is 6.95. The number of halogens is 1. The minimum absolute atomic E-state index is 0. The normalized spacial score (nSPS) is 11.4. The fourth-order valence-corrected chi connectivity index (χ4v) is 2.82. The maximum absolute atomic E-state index is 5.58. The third kappa shape index (κ3) is 6.88. The number of nitrogens with zero attached hydrogens (tertiary/aromatic N) is 4. The smallest absolute Gasteiger partial charge is 0.226 e. The van der Waals surface area contributed by atoms with Gasteiger partial charge in [0.2, 0.25) is 5.89 Å². The van der Waals surface area contributed by atoms with E-state index in [1.807, 2.05) is 49.6 Å². The lowest BCUT2D eigenvalue weighted by atomic mass is 10.2. The van der Waals surface area contributed by atoms with Gasteiger partial charge in [0.05, 0.1) is 13.1 Å². The number of aromatic nitrogens is 3. The molecule has 2 heterocycles. The molecule has 3 rings (SSSR count). The summed E-state index contributed by atoms with van der Waals surface area (Å²) in [6.45, 7) is 9.22. The molecule has 0 saturated carbocycles. The summed E-state index contributed by atoms with van der Waals surface area (Å²) >= 11 is 0. The van der Waals surface area contributed by atoms with Gasteiger partial charge in [-0.15, -0.1) is 24.0 Å². The topological polar surface area (TPSA) is 80.3 Å². The third-order valence-corrected chi connectivity index (χ3v) is 4.09. The summed E-state index contributed by atoms with van der Waals surface area (Å²) in [7, 11) is 0. The predicted molar refractivity (Wildman–Crippen MR) is 126 cm³/mol. The van der Waals surface area contributed by atoms with Gasteiger partial charge in [0.1, 0.15) is 17.8 Å². The highest BCUT2D eigenvalue weighted by molar-refractivity contribution is 14.0. The van der Waals surface area contributed by atoms with E-state index in [2.05, 4.69) is 44.0 Å². The van der Waals surface area contributed by atoms with E-state index in [-0.39, 0.29) is 24.0 Å². The van der Waals surface area contributed by atoms with E-state index in [0.717, 1.165) is 36.1 Å². The number of oxazole rings is 1. The van der Waals surface area contributed by atoms with Crippen molar-refractivity contribution < 1.29 is 4.42 Å². The molecule has 0 unspecified atom stereocenters. The molecule has 0 radical (unpaired) electrons. The van der Waals surface area contributed by atoms with Gasteiger partial charge in [-0.05, 0) is 25.0 Å². The first-order valence-corrected chi connectivity index (χ1v) is 9.67. The lowest BCUT2D eigenvalue weighted by Crippen LogP contribution is -2.37. The van der Waals surface area contributed by atoms with Crippen LogP contribution in [0.4, 0.5) is 0 Å². The Morgan fingerprint density at radius 3 is 2.72 bits per heavy atom. The Morgan fingerprint density at radius 2 is 2.00 bits per heavy atom. The molecule has 7 nitrogen and oxygen atoms in total. The minimum Gasteiger partial charge on any atom is -0.444 e. The van der Waals surface area contributed by atoms with Crippen molar-refractivity contribution in [3.8, 4) is 11.5 Å². The Labute approximate surface area is 189 Å². The molecule has 8 heteroatoms. The van der Waals surface area contributed by atoms with Crippen molar-refractivity contribution in [1.29, 1.82) is 0 Å². The van der Waals surface area contributed by atoms with Crippen LogP contribution in [0.3, 0.4) is 0 Å². The Balaban J connectivity index is 0.00000300. The molecule has 0 saturated heterocycles. The van der Waals surface area contributed by atoms with Gasteiger partial charge in [0, 0.05) is 31.0 Å². The van der Waals surface area contributed by atoms with Gasteiger partial charge in [0.25, 0.3) is 0 Å². The van der Waals surface area contributed by atoms with E-state index in [1.165, 1.54) is 0 Å². The van der Waals surface area contributed by atoms with E-state index < -0.39 is 0 Å². The Bertz CT molecular complexity index is 887. The average molecular weight is 508 g/mol. The molecule has 0 aliphatic carbocycles. The van der Waals surface area contributed by atoms with Gasteiger partial charge in [-0.2, -0.15) is 0 Å². The molecule has 0 spiro atoms. The highest BCUT2D eigenvalue weighted by atomic mass is 127. The molecule has 2 N–H and O–H groups in total. The first-order valence-electron chi connectivity index (χ1n) is 9.67. The molecule has 0 amide bonds. The number of hydrogen-bond donors (Lipinski definition) is 2. The first-order chi connectivity index (χ1) is 13.7. The molecule has 0 fully saturated rings. The largest absolute Gasteiger partial charge is 0.444 e. The van der Waals surface area contributed by atoms with E-state index >= 15 is 0 Å². The van der Waals surface area contributed by atoms with Gasteiger partial charge < -0.3 is 19.6 Å². The fraction of sp³-hybridized carbons (Fsp3) is 0.381. The predicted octanol–water partition coefficient (Wildman–Crippen LogP) is 4.07. The molecule has 0 aliphatic heterocycles. The molecule has 2 aromatic heterocycles. The zero-order chi connectivity index (χ0) is 19.8. The Hall–Kier alpha value is -2.36. The molecular formula is C21H29IN6O. The summed E-state index contributed by atoms with van der Waals surface area (Å²) in [6, 6.07) is 9.85. The van der Waals surface area contributed by atoms with Crippen LogP contribution in [0.25, 0.3) is 11.5 Å². The monoisotopic (exact) mass is 508 g/mol. The van der Waals surface area contributed by atoms with Crippen molar-refractivity contribution in [2.45, 2.75) is 40.4 Å². The molecule has 0 bridgehead atoms. The summed E-state index contributed by atoms with van der Waals surface area (Å²) in [5.74, 6) is 2.90. The lowest BCUT2D eigenvalue weighted by Gasteiger charge is -2.13. The van der Waals surface area contributed by atoms with E-state index in [4.69, 9.17) is 4.42 Å². The van der Waals surface area contributed by atoms with Crippen molar-refractivity contribution >= 4 is 29.9 Å². The highest BCUT2D eigenvalue weighted by Crippen LogP contribution is 2.18. The van der Waals surface area contributed by atoms with Crippen molar-refractivity contribution in [2.75, 3.05) is 6.54 Å². The summed E-state index contributed by atoms with van der Waals surface area (Å²) in [6.07, 6.45) is 5.51. The maximum Gasteiger partial charge on any atom is 0.226 e. The van der Waals surface area contributed by atoms with Crippen LogP contribution in [0.5, 0.6) is 0 Å². The number of aliphatic imine (C=N–C) groups is 1. The Morgan fingerprint density at radius 1 is 1.21 bits per heavy atom. The molecule has 29 heavy (non-hydrogen) atoms. The van der Waals surface area contributed by atoms with Gasteiger partial charge in [0.15, 0.2) is 5.96 Å². The summed E-state index contributed by atoms with van der Waals surface area (Å²) in [5.41, 5.74) is 1.75. The molecule has 156 valence electrons. The third-order valence-electron chi connectivity index (χ3n) is 4.09. The number of hydrogen-bond acceptors (Lipinski definition) is 4. The van der Waals surface area contributed by atoms with Crippen LogP contribution in [0, 0.1) is 5.92 Å². The molecule has 1 aromatic carbocycles. The number of imidazole rings is 1. The van der Waals surface area contributed by atoms with E-state index in [9.17, 15) is 0 Å².